The number of ether oxygens (including phenoxy) is 2. The van der Waals surface area contributed by atoms with Gasteiger partial charge in [-0.2, -0.15) is 0 Å². The molecule has 7 heteroatoms. The first-order valence-electron chi connectivity index (χ1n) is 8.85. The van der Waals surface area contributed by atoms with E-state index in [2.05, 4.69) is 10.2 Å². The number of hydrogen-bond acceptors (Lipinski definition) is 5. The lowest BCUT2D eigenvalue weighted by atomic mass is 10.2. The van der Waals surface area contributed by atoms with E-state index in [0.29, 0.717) is 26.2 Å². The fourth-order valence-electron chi connectivity index (χ4n) is 3.16. The van der Waals surface area contributed by atoms with Crippen molar-refractivity contribution in [3.8, 4) is 11.5 Å². The number of carbonyl (C=O) groups is 1. The fourth-order valence-corrected chi connectivity index (χ4v) is 3.16. The van der Waals surface area contributed by atoms with Gasteiger partial charge in [0.15, 0.2) is 17.6 Å². The number of fused-ring (bicyclic) bond motifs is 1. The highest BCUT2D eigenvalue weighted by Gasteiger charge is 2.25. The van der Waals surface area contributed by atoms with Crippen molar-refractivity contribution < 1.29 is 14.3 Å². The molecule has 0 bridgehead atoms. The summed E-state index contributed by atoms with van der Waals surface area (Å²) in [4.78, 5) is 16.8. The summed E-state index contributed by atoms with van der Waals surface area (Å²) >= 11 is 0. The van der Waals surface area contributed by atoms with Crippen molar-refractivity contribution in [3.63, 3.8) is 0 Å². The topological polar surface area (TPSA) is 54.0 Å². The standard InChI is InChI=1S/C18H27N3O3.ClH/c1-2-21(18(22)13-20-10-5-8-19-9-11-20)12-15-14-23-16-6-3-4-7-17(16)24-15;/h3-4,6-7,15,19H,2,5,8-14H2,1H3;1H. The van der Waals surface area contributed by atoms with Crippen LogP contribution in [0.1, 0.15) is 13.3 Å². The van der Waals surface area contributed by atoms with E-state index in [1.165, 1.54) is 0 Å². The van der Waals surface area contributed by atoms with E-state index >= 15 is 0 Å². The minimum absolute atomic E-state index is 0. The van der Waals surface area contributed by atoms with Gasteiger partial charge in [-0.3, -0.25) is 9.69 Å². The highest BCUT2D eigenvalue weighted by atomic mass is 35.5. The van der Waals surface area contributed by atoms with Crippen LogP contribution < -0.4 is 14.8 Å². The zero-order valence-corrected chi connectivity index (χ0v) is 15.6. The van der Waals surface area contributed by atoms with Crippen LogP contribution in [-0.4, -0.2) is 74.2 Å². The molecule has 1 aromatic rings. The first-order valence-corrected chi connectivity index (χ1v) is 8.85. The number of likely N-dealkylation sites (N-methyl/N-ethyl adjacent to an activating group) is 1. The first-order chi connectivity index (χ1) is 11.8. The summed E-state index contributed by atoms with van der Waals surface area (Å²) in [6.07, 6.45) is 0.977. The quantitative estimate of drug-likeness (QED) is 0.850. The van der Waals surface area contributed by atoms with Gasteiger partial charge < -0.3 is 19.7 Å². The van der Waals surface area contributed by atoms with Crippen molar-refractivity contribution in [2.45, 2.75) is 19.4 Å². The third kappa shape index (κ3) is 5.49. The Morgan fingerprint density at radius 2 is 2.08 bits per heavy atom. The number of carbonyl (C=O) groups excluding carboxylic acids is 1. The van der Waals surface area contributed by atoms with Crippen LogP contribution in [0.25, 0.3) is 0 Å². The second-order valence-corrected chi connectivity index (χ2v) is 6.31. The minimum atomic E-state index is -0.116. The van der Waals surface area contributed by atoms with Gasteiger partial charge in [-0.1, -0.05) is 12.1 Å². The molecule has 1 fully saturated rings. The van der Waals surface area contributed by atoms with Crippen molar-refractivity contribution in [3.05, 3.63) is 24.3 Å². The van der Waals surface area contributed by atoms with Crippen LogP contribution in [0.5, 0.6) is 11.5 Å². The molecule has 0 aliphatic carbocycles. The molecule has 140 valence electrons. The molecule has 0 aromatic heterocycles. The molecule has 0 saturated carbocycles. The third-order valence-electron chi connectivity index (χ3n) is 4.52. The summed E-state index contributed by atoms with van der Waals surface area (Å²) in [5.74, 6) is 1.71. The van der Waals surface area contributed by atoms with Crippen LogP contribution in [0.3, 0.4) is 0 Å². The van der Waals surface area contributed by atoms with Crippen molar-refractivity contribution in [1.82, 2.24) is 15.1 Å². The number of hydrogen-bond donors (Lipinski definition) is 1. The monoisotopic (exact) mass is 369 g/mol. The Bertz CT molecular complexity index is 550. The van der Waals surface area contributed by atoms with Gasteiger partial charge in [-0.05, 0) is 38.6 Å². The van der Waals surface area contributed by atoms with E-state index in [1.54, 1.807) is 0 Å². The van der Waals surface area contributed by atoms with Gasteiger partial charge in [-0.15, -0.1) is 12.4 Å². The molecule has 1 N–H and O–H groups in total. The van der Waals surface area contributed by atoms with Gasteiger partial charge in [0.25, 0.3) is 0 Å². The van der Waals surface area contributed by atoms with Crippen molar-refractivity contribution >= 4 is 18.3 Å². The molecule has 3 rings (SSSR count). The molecule has 2 aliphatic rings. The number of halogens is 1. The molecule has 1 aromatic carbocycles. The van der Waals surface area contributed by atoms with Crippen molar-refractivity contribution in [2.75, 3.05) is 52.4 Å². The summed E-state index contributed by atoms with van der Waals surface area (Å²) in [5.41, 5.74) is 0. The van der Waals surface area contributed by atoms with E-state index < -0.39 is 0 Å². The van der Waals surface area contributed by atoms with E-state index in [4.69, 9.17) is 9.47 Å². The fraction of sp³-hybridized carbons (Fsp3) is 0.611. The summed E-state index contributed by atoms with van der Waals surface area (Å²) in [5, 5.41) is 3.37. The molecule has 25 heavy (non-hydrogen) atoms. The van der Waals surface area contributed by atoms with Gasteiger partial charge >= 0.3 is 0 Å². The van der Waals surface area contributed by atoms with Gasteiger partial charge in [0, 0.05) is 19.6 Å². The molecular weight excluding hydrogens is 342 g/mol. The summed E-state index contributed by atoms with van der Waals surface area (Å²) in [6, 6.07) is 7.67. The van der Waals surface area contributed by atoms with Gasteiger partial charge in [0.2, 0.25) is 5.91 Å². The normalized spacial score (nSPS) is 20.3. The molecule has 2 heterocycles. The van der Waals surface area contributed by atoms with Gasteiger partial charge in [0.05, 0.1) is 13.1 Å². The highest BCUT2D eigenvalue weighted by molar-refractivity contribution is 5.85. The number of amides is 1. The maximum atomic E-state index is 12.6. The Morgan fingerprint density at radius 3 is 2.88 bits per heavy atom. The maximum absolute atomic E-state index is 12.6. The highest BCUT2D eigenvalue weighted by Crippen LogP contribution is 2.31. The lowest BCUT2D eigenvalue weighted by molar-refractivity contribution is -0.133. The Kier molecular flexibility index (Phi) is 7.81. The lowest BCUT2D eigenvalue weighted by Gasteiger charge is -2.32. The molecule has 1 saturated heterocycles. The van der Waals surface area contributed by atoms with Crippen molar-refractivity contribution in [2.24, 2.45) is 0 Å². The number of para-hydroxylation sites is 2. The SMILES string of the molecule is CCN(CC1COc2ccccc2O1)C(=O)CN1CCCNCC1.Cl. The Hall–Kier alpha value is -1.50. The number of rotatable bonds is 5. The summed E-state index contributed by atoms with van der Waals surface area (Å²) in [6.45, 7) is 8.13. The molecule has 0 spiro atoms. The summed E-state index contributed by atoms with van der Waals surface area (Å²) < 4.78 is 11.7. The Morgan fingerprint density at radius 1 is 1.28 bits per heavy atom. The number of benzene rings is 1. The second kappa shape index (κ2) is 9.85. The minimum Gasteiger partial charge on any atom is -0.486 e. The van der Waals surface area contributed by atoms with E-state index in [0.717, 1.165) is 44.1 Å². The number of nitrogens with one attached hydrogen (secondary N) is 1. The smallest absolute Gasteiger partial charge is 0.236 e. The van der Waals surface area contributed by atoms with Crippen LogP contribution in [0.4, 0.5) is 0 Å². The molecule has 0 radical (unpaired) electrons. The van der Waals surface area contributed by atoms with Crippen LogP contribution >= 0.6 is 12.4 Å². The molecule has 1 amide bonds. The van der Waals surface area contributed by atoms with Crippen LogP contribution in [0.2, 0.25) is 0 Å². The van der Waals surface area contributed by atoms with Crippen LogP contribution in [0, 0.1) is 0 Å². The number of nitrogens with zero attached hydrogens (tertiary/aromatic N) is 2. The average molecular weight is 370 g/mol. The zero-order chi connectivity index (χ0) is 16.8. The second-order valence-electron chi connectivity index (χ2n) is 6.31. The van der Waals surface area contributed by atoms with Crippen LogP contribution in [0.15, 0.2) is 24.3 Å². The van der Waals surface area contributed by atoms with Gasteiger partial charge in [-0.25, -0.2) is 0 Å². The van der Waals surface area contributed by atoms with E-state index in [-0.39, 0.29) is 24.4 Å². The third-order valence-corrected chi connectivity index (χ3v) is 4.52. The largest absolute Gasteiger partial charge is 0.486 e. The lowest BCUT2D eigenvalue weighted by Crippen LogP contribution is -2.47. The van der Waals surface area contributed by atoms with Gasteiger partial charge in [0.1, 0.15) is 6.61 Å². The first kappa shape index (κ1) is 19.8. The van der Waals surface area contributed by atoms with E-state index in [9.17, 15) is 4.79 Å². The zero-order valence-electron chi connectivity index (χ0n) is 14.8. The molecular formula is C18H28ClN3O3. The molecule has 1 unspecified atom stereocenters. The Balaban J connectivity index is 0.00000225. The molecule has 6 nitrogen and oxygen atoms in total. The Labute approximate surface area is 155 Å². The predicted octanol–water partition coefficient (Wildman–Crippen LogP) is 1.39. The molecule has 2 aliphatic heterocycles. The predicted molar refractivity (Wildman–Crippen MR) is 99.8 cm³/mol. The van der Waals surface area contributed by atoms with Crippen molar-refractivity contribution in [1.29, 1.82) is 0 Å². The van der Waals surface area contributed by atoms with E-state index in [1.807, 2.05) is 36.1 Å². The van der Waals surface area contributed by atoms with Crippen LogP contribution in [-0.2, 0) is 4.79 Å². The summed E-state index contributed by atoms with van der Waals surface area (Å²) in [7, 11) is 0. The average Bonchev–Trinajstić information content (AvgIpc) is 2.88. The molecule has 1 atom stereocenters. The maximum Gasteiger partial charge on any atom is 0.236 e.